The lowest BCUT2D eigenvalue weighted by Gasteiger charge is -2.07. The summed E-state index contributed by atoms with van der Waals surface area (Å²) in [5.74, 6) is -1.31. The first-order valence-electron chi connectivity index (χ1n) is 5.43. The molecule has 0 aromatic heterocycles. The molecule has 0 atom stereocenters. The average Bonchev–Trinajstić information content (AvgIpc) is 2.33. The molecule has 1 aromatic carbocycles. The van der Waals surface area contributed by atoms with E-state index in [1.54, 1.807) is 0 Å². The molecule has 0 saturated heterocycles. The van der Waals surface area contributed by atoms with Gasteiger partial charge in [-0.15, -0.1) is 0 Å². The summed E-state index contributed by atoms with van der Waals surface area (Å²) in [6, 6.07) is 4.20. The van der Waals surface area contributed by atoms with Crippen molar-refractivity contribution in [3.05, 3.63) is 46.0 Å². The highest BCUT2D eigenvalue weighted by Crippen LogP contribution is 2.28. The van der Waals surface area contributed by atoms with Crippen LogP contribution in [0.4, 0.5) is 11.4 Å². The van der Waals surface area contributed by atoms with Gasteiger partial charge >= 0.3 is 11.7 Å². The number of carboxylic acids is 1. The molecule has 0 unspecified atom stereocenters. The molecule has 96 valence electrons. The number of carbonyl (C=O) groups is 1. The Labute approximate surface area is 104 Å². The average molecular weight is 250 g/mol. The number of nitrogens with zero attached hydrogens (tertiary/aromatic N) is 1. The molecular formula is C12H14N2O4. The summed E-state index contributed by atoms with van der Waals surface area (Å²) in [4.78, 5) is 21.2. The van der Waals surface area contributed by atoms with Gasteiger partial charge in [-0.1, -0.05) is 18.2 Å². The second-order valence-electron chi connectivity index (χ2n) is 3.55. The first-order chi connectivity index (χ1) is 8.57. The van der Waals surface area contributed by atoms with Gasteiger partial charge < -0.3 is 10.4 Å². The number of rotatable bonds is 6. The van der Waals surface area contributed by atoms with Gasteiger partial charge in [0.05, 0.1) is 4.92 Å². The molecule has 1 aromatic rings. The van der Waals surface area contributed by atoms with Gasteiger partial charge in [0.25, 0.3) is 0 Å². The van der Waals surface area contributed by atoms with E-state index >= 15 is 0 Å². The molecular weight excluding hydrogens is 236 g/mol. The van der Waals surface area contributed by atoms with E-state index in [2.05, 4.69) is 5.32 Å². The molecule has 18 heavy (non-hydrogen) atoms. The molecule has 0 aliphatic rings. The maximum Gasteiger partial charge on any atom is 0.342 e. The maximum absolute atomic E-state index is 10.9. The number of hydrogen-bond donors (Lipinski definition) is 2. The fourth-order valence-corrected chi connectivity index (χ4v) is 1.51. The normalized spacial score (nSPS) is 10.5. The van der Waals surface area contributed by atoms with Crippen molar-refractivity contribution in [3.8, 4) is 0 Å². The van der Waals surface area contributed by atoms with Gasteiger partial charge in [-0.25, -0.2) is 4.79 Å². The molecule has 0 saturated carbocycles. The summed E-state index contributed by atoms with van der Waals surface area (Å²) >= 11 is 0. The lowest BCUT2D eigenvalue weighted by molar-refractivity contribution is -0.384. The van der Waals surface area contributed by atoms with Crippen LogP contribution in [0.1, 0.15) is 23.7 Å². The largest absolute Gasteiger partial charge is 0.477 e. The van der Waals surface area contributed by atoms with Crippen LogP contribution in [-0.2, 0) is 0 Å². The van der Waals surface area contributed by atoms with Gasteiger partial charge in [-0.3, -0.25) is 10.1 Å². The summed E-state index contributed by atoms with van der Waals surface area (Å²) in [6.45, 7) is 2.39. The standard InChI is InChI=1S/C12H14N2O4/c1-2-3-4-8-13-10-7-5-6-9(12(15)16)11(10)14(17)18/h2-3,5-7,13H,4,8H2,1H3,(H,15,16)/b3-2+. The predicted octanol–water partition coefficient (Wildman–Crippen LogP) is 2.67. The van der Waals surface area contributed by atoms with Crippen LogP contribution < -0.4 is 5.32 Å². The van der Waals surface area contributed by atoms with E-state index in [1.165, 1.54) is 18.2 Å². The predicted molar refractivity (Wildman–Crippen MR) is 68.0 cm³/mol. The second kappa shape index (κ2) is 6.39. The highest BCUT2D eigenvalue weighted by atomic mass is 16.6. The van der Waals surface area contributed by atoms with Crippen molar-refractivity contribution in [2.24, 2.45) is 0 Å². The SMILES string of the molecule is C/C=C/CCNc1cccc(C(=O)O)c1[N+](=O)[O-]. The third-order valence-electron chi connectivity index (χ3n) is 2.31. The zero-order chi connectivity index (χ0) is 13.5. The number of benzene rings is 1. The first kappa shape index (κ1) is 13.7. The minimum absolute atomic E-state index is 0.226. The Balaban J connectivity index is 3.00. The molecule has 0 heterocycles. The Bertz CT molecular complexity index is 483. The van der Waals surface area contributed by atoms with Crippen LogP contribution in [0.15, 0.2) is 30.4 Å². The topological polar surface area (TPSA) is 92.5 Å². The number of nitro groups is 1. The van der Waals surface area contributed by atoms with Gasteiger partial charge in [0.1, 0.15) is 11.3 Å². The summed E-state index contributed by atoms with van der Waals surface area (Å²) in [5, 5.41) is 22.7. The van der Waals surface area contributed by atoms with Crippen molar-refractivity contribution in [2.75, 3.05) is 11.9 Å². The molecule has 0 aliphatic heterocycles. The van der Waals surface area contributed by atoms with E-state index in [1.807, 2.05) is 19.1 Å². The monoisotopic (exact) mass is 250 g/mol. The minimum atomic E-state index is -1.31. The van der Waals surface area contributed by atoms with Crippen LogP contribution in [0.3, 0.4) is 0 Å². The highest BCUT2D eigenvalue weighted by molar-refractivity contribution is 5.95. The fraction of sp³-hybridized carbons (Fsp3) is 0.250. The number of aromatic carboxylic acids is 1. The van der Waals surface area contributed by atoms with Crippen molar-refractivity contribution in [2.45, 2.75) is 13.3 Å². The van der Waals surface area contributed by atoms with Gasteiger partial charge in [0, 0.05) is 6.54 Å². The van der Waals surface area contributed by atoms with Gasteiger partial charge in [-0.2, -0.15) is 0 Å². The molecule has 0 bridgehead atoms. The lowest BCUT2D eigenvalue weighted by atomic mass is 10.1. The van der Waals surface area contributed by atoms with Crippen molar-refractivity contribution < 1.29 is 14.8 Å². The summed E-state index contributed by atoms with van der Waals surface area (Å²) in [6.07, 6.45) is 4.51. The van der Waals surface area contributed by atoms with Crippen LogP contribution in [0.25, 0.3) is 0 Å². The van der Waals surface area contributed by atoms with Crippen molar-refractivity contribution >= 4 is 17.3 Å². The Morgan fingerprint density at radius 2 is 2.28 bits per heavy atom. The Morgan fingerprint density at radius 1 is 1.56 bits per heavy atom. The highest BCUT2D eigenvalue weighted by Gasteiger charge is 2.23. The summed E-state index contributed by atoms with van der Waals surface area (Å²) < 4.78 is 0. The Morgan fingerprint density at radius 3 is 2.83 bits per heavy atom. The maximum atomic E-state index is 10.9. The zero-order valence-corrected chi connectivity index (χ0v) is 9.92. The Kier molecular flexibility index (Phi) is 4.86. The molecule has 0 aliphatic carbocycles. The molecule has 2 N–H and O–H groups in total. The Hall–Kier alpha value is -2.37. The molecule has 6 nitrogen and oxygen atoms in total. The van der Waals surface area contributed by atoms with E-state index in [0.29, 0.717) is 13.0 Å². The smallest absolute Gasteiger partial charge is 0.342 e. The number of nitrogens with one attached hydrogen (secondary N) is 1. The van der Waals surface area contributed by atoms with E-state index in [9.17, 15) is 14.9 Å². The fourth-order valence-electron chi connectivity index (χ4n) is 1.51. The summed E-state index contributed by atoms with van der Waals surface area (Å²) in [5.41, 5.74) is -0.481. The zero-order valence-electron chi connectivity index (χ0n) is 9.92. The van der Waals surface area contributed by atoms with Crippen LogP contribution in [0.2, 0.25) is 0 Å². The minimum Gasteiger partial charge on any atom is -0.477 e. The van der Waals surface area contributed by atoms with E-state index in [4.69, 9.17) is 5.11 Å². The molecule has 1 rings (SSSR count). The van der Waals surface area contributed by atoms with Crippen molar-refractivity contribution in [1.82, 2.24) is 0 Å². The molecule has 6 heteroatoms. The first-order valence-corrected chi connectivity index (χ1v) is 5.43. The van der Waals surface area contributed by atoms with Crippen LogP contribution in [0, 0.1) is 10.1 Å². The van der Waals surface area contributed by atoms with Gasteiger partial charge in [0.2, 0.25) is 0 Å². The molecule has 0 amide bonds. The number of para-hydroxylation sites is 1. The molecule has 0 radical (unpaired) electrons. The molecule has 0 spiro atoms. The third kappa shape index (κ3) is 3.31. The van der Waals surface area contributed by atoms with Gasteiger partial charge in [0.15, 0.2) is 0 Å². The second-order valence-corrected chi connectivity index (χ2v) is 3.55. The number of carboxylic acid groups (broad SMARTS) is 1. The van der Waals surface area contributed by atoms with Crippen LogP contribution in [-0.4, -0.2) is 22.5 Å². The van der Waals surface area contributed by atoms with Crippen LogP contribution in [0.5, 0.6) is 0 Å². The van der Waals surface area contributed by atoms with Crippen LogP contribution >= 0.6 is 0 Å². The number of nitro benzene ring substituents is 1. The van der Waals surface area contributed by atoms with E-state index < -0.39 is 16.6 Å². The lowest BCUT2D eigenvalue weighted by Crippen LogP contribution is -2.08. The summed E-state index contributed by atoms with van der Waals surface area (Å²) in [7, 11) is 0. The van der Waals surface area contributed by atoms with Crippen molar-refractivity contribution in [3.63, 3.8) is 0 Å². The molecule has 0 fully saturated rings. The van der Waals surface area contributed by atoms with E-state index in [0.717, 1.165) is 0 Å². The number of allylic oxidation sites excluding steroid dienone is 1. The number of anilines is 1. The third-order valence-corrected chi connectivity index (χ3v) is 2.31. The van der Waals surface area contributed by atoms with E-state index in [-0.39, 0.29) is 11.3 Å². The van der Waals surface area contributed by atoms with Gasteiger partial charge in [-0.05, 0) is 25.5 Å². The number of hydrogen-bond acceptors (Lipinski definition) is 4. The quantitative estimate of drug-likeness (QED) is 0.350. The van der Waals surface area contributed by atoms with Crippen molar-refractivity contribution in [1.29, 1.82) is 0 Å².